The Morgan fingerprint density at radius 1 is 1.43 bits per heavy atom. The molecule has 0 radical (unpaired) electrons. The fraction of sp³-hybridized carbons (Fsp3) is 0.111. The smallest absolute Gasteiger partial charge is 0.370 e. The molecule has 0 fully saturated rings. The van der Waals surface area contributed by atoms with Gasteiger partial charge in [0.05, 0.1) is 12.8 Å². The number of esters is 1. The monoisotopic (exact) mass is 212 g/mol. The van der Waals surface area contributed by atoms with Gasteiger partial charge in [0, 0.05) is 0 Å². The lowest BCUT2D eigenvalue weighted by Crippen LogP contribution is -2.11. The SMILES string of the molecule is COC(=O)/C(Cl)=N\Nc1ccccc1. The van der Waals surface area contributed by atoms with E-state index in [1.807, 2.05) is 18.2 Å². The number of halogens is 1. The Morgan fingerprint density at radius 2 is 2.07 bits per heavy atom. The van der Waals surface area contributed by atoms with Gasteiger partial charge in [-0.2, -0.15) is 5.10 Å². The van der Waals surface area contributed by atoms with E-state index < -0.39 is 5.97 Å². The molecule has 0 amide bonds. The van der Waals surface area contributed by atoms with Crippen molar-refractivity contribution >= 4 is 28.4 Å². The highest BCUT2D eigenvalue weighted by molar-refractivity contribution is 6.82. The van der Waals surface area contributed by atoms with E-state index in [4.69, 9.17) is 11.6 Å². The van der Waals surface area contributed by atoms with Crippen molar-refractivity contribution in [2.75, 3.05) is 12.5 Å². The summed E-state index contributed by atoms with van der Waals surface area (Å²) in [4.78, 5) is 10.8. The molecule has 74 valence electrons. The second-order valence-electron chi connectivity index (χ2n) is 2.37. The minimum absolute atomic E-state index is 0.239. The maximum Gasteiger partial charge on any atom is 0.370 e. The fourth-order valence-corrected chi connectivity index (χ4v) is 0.876. The normalized spacial score (nSPS) is 10.9. The fourth-order valence-electron chi connectivity index (χ4n) is 0.756. The summed E-state index contributed by atoms with van der Waals surface area (Å²) in [6, 6.07) is 9.14. The van der Waals surface area contributed by atoms with E-state index in [2.05, 4.69) is 15.3 Å². The Labute approximate surface area is 86.5 Å². The second kappa shape index (κ2) is 5.24. The summed E-state index contributed by atoms with van der Waals surface area (Å²) in [6.45, 7) is 0. The lowest BCUT2D eigenvalue weighted by molar-refractivity contribution is -0.132. The van der Waals surface area contributed by atoms with E-state index in [-0.39, 0.29) is 5.17 Å². The van der Waals surface area contributed by atoms with Crippen molar-refractivity contribution in [1.82, 2.24) is 0 Å². The first kappa shape index (κ1) is 10.5. The van der Waals surface area contributed by atoms with Crippen LogP contribution in [0.4, 0.5) is 5.69 Å². The van der Waals surface area contributed by atoms with Crippen LogP contribution in [0.5, 0.6) is 0 Å². The van der Waals surface area contributed by atoms with Crippen LogP contribution in [0.1, 0.15) is 0 Å². The number of anilines is 1. The minimum Gasteiger partial charge on any atom is -0.464 e. The van der Waals surface area contributed by atoms with Crippen LogP contribution >= 0.6 is 11.6 Å². The van der Waals surface area contributed by atoms with E-state index in [1.165, 1.54) is 7.11 Å². The van der Waals surface area contributed by atoms with Crippen molar-refractivity contribution in [3.63, 3.8) is 0 Å². The molecule has 0 heterocycles. The molecule has 0 aliphatic carbocycles. The number of nitrogens with zero attached hydrogens (tertiary/aromatic N) is 1. The van der Waals surface area contributed by atoms with Crippen LogP contribution in [0.15, 0.2) is 35.4 Å². The van der Waals surface area contributed by atoms with Crippen molar-refractivity contribution in [3.05, 3.63) is 30.3 Å². The highest BCUT2D eigenvalue weighted by atomic mass is 35.5. The number of hydrogen-bond donors (Lipinski definition) is 1. The number of benzene rings is 1. The summed E-state index contributed by atoms with van der Waals surface area (Å²) in [5.74, 6) is -0.671. The first-order valence-corrected chi connectivity index (χ1v) is 4.24. The summed E-state index contributed by atoms with van der Waals surface area (Å²) >= 11 is 5.49. The summed E-state index contributed by atoms with van der Waals surface area (Å²) in [5, 5.41) is 3.38. The van der Waals surface area contributed by atoms with Gasteiger partial charge in [0.15, 0.2) is 0 Å². The number of ether oxygens (including phenoxy) is 1. The van der Waals surface area contributed by atoms with Gasteiger partial charge in [-0.15, -0.1) is 0 Å². The molecule has 0 saturated heterocycles. The third-order valence-electron chi connectivity index (χ3n) is 1.41. The van der Waals surface area contributed by atoms with E-state index >= 15 is 0 Å². The third kappa shape index (κ3) is 3.06. The lowest BCUT2D eigenvalue weighted by atomic mass is 10.3. The predicted molar refractivity (Wildman–Crippen MR) is 55.4 cm³/mol. The number of para-hydroxylation sites is 1. The van der Waals surface area contributed by atoms with Crippen LogP contribution in [0, 0.1) is 0 Å². The molecule has 1 aromatic carbocycles. The zero-order chi connectivity index (χ0) is 10.4. The standard InChI is InChI=1S/C9H9ClN2O2/c1-14-9(13)8(10)12-11-7-5-3-2-4-6-7/h2-6,11H,1H3/b12-8+. The highest BCUT2D eigenvalue weighted by Crippen LogP contribution is 2.05. The molecule has 1 N–H and O–H groups in total. The number of rotatable bonds is 3. The molecule has 14 heavy (non-hydrogen) atoms. The van der Waals surface area contributed by atoms with Crippen LogP contribution in [0.25, 0.3) is 0 Å². The van der Waals surface area contributed by atoms with Crippen molar-refractivity contribution in [2.45, 2.75) is 0 Å². The summed E-state index contributed by atoms with van der Waals surface area (Å²) < 4.78 is 4.36. The summed E-state index contributed by atoms with van der Waals surface area (Å²) in [6.07, 6.45) is 0. The molecule has 0 aromatic heterocycles. The lowest BCUT2D eigenvalue weighted by Gasteiger charge is -1.99. The second-order valence-corrected chi connectivity index (χ2v) is 2.73. The average Bonchev–Trinajstić information content (AvgIpc) is 2.26. The van der Waals surface area contributed by atoms with Crippen LogP contribution in [-0.2, 0) is 9.53 Å². The molecule has 0 aliphatic rings. The largest absolute Gasteiger partial charge is 0.464 e. The van der Waals surface area contributed by atoms with Gasteiger partial charge in [0.2, 0.25) is 5.17 Å². The Balaban J connectivity index is 2.59. The highest BCUT2D eigenvalue weighted by Gasteiger charge is 2.06. The van der Waals surface area contributed by atoms with Crippen LogP contribution in [-0.4, -0.2) is 18.2 Å². The van der Waals surface area contributed by atoms with Crippen molar-refractivity contribution in [2.24, 2.45) is 5.10 Å². The topological polar surface area (TPSA) is 50.7 Å². The van der Waals surface area contributed by atoms with Crippen LogP contribution in [0.3, 0.4) is 0 Å². The Hall–Kier alpha value is -1.55. The summed E-state index contributed by atoms with van der Waals surface area (Å²) in [5.41, 5.74) is 3.36. The van der Waals surface area contributed by atoms with E-state index in [0.717, 1.165) is 5.69 Å². The zero-order valence-corrected chi connectivity index (χ0v) is 8.28. The molecular formula is C9H9ClN2O2. The Morgan fingerprint density at radius 3 is 2.64 bits per heavy atom. The first-order chi connectivity index (χ1) is 6.74. The van der Waals surface area contributed by atoms with Gasteiger partial charge in [-0.05, 0) is 12.1 Å². The van der Waals surface area contributed by atoms with E-state index in [1.54, 1.807) is 12.1 Å². The van der Waals surface area contributed by atoms with Crippen molar-refractivity contribution in [1.29, 1.82) is 0 Å². The van der Waals surface area contributed by atoms with Crippen LogP contribution < -0.4 is 5.43 Å². The number of hydrazone groups is 1. The number of carbonyl (C=O) groups excluding carboxylic acids is 1. The molecule has 0 bridgehead atoms. The van der Waals surface area contributed by atoms with Gasteiger partial charge in [-0.1, -0.05) is 29.8 Å². The van der Waals surface area contributed by atoms with Gasteiger partial charge >= 0.3 is 5.97 Å². The van der Waals surface area contributed by atoms with E-state index in [0.29, 0.717) is 0 Å². The number of hydrogen-bond acceptors (Lipinski definition) is 4. The quantitative estimate of drug-likeness (QED) is 0.473. The predicted octanol–water partition coefficient (Wildman–Crippen LogP) is 1.82. The average molecular weight is 213 g/mol. The van der Waals surface area contributed by atoms with Gasteiger partial charge in [-0.3, -0.25) is 5.43 Å². The zero-order valence-electron chi connectivity index (χ0n) is 7.53. The minimum atomic E-state index is -0.671. The van der Waals surface area contributed by atoms with Gasteiger partial charge < -0.3 is 4.74 Å². The van der Waals surface area contributed by atoms with Crippen molar-refractivity contribution in [3.8, 4) is 0 Å². The molecule has 1 rings (SSSR count). The Bertz CT molecular complexity index is 338. The molecule has 0 saturated carbocycles. The summed E-state index contributed by atoms with van der Waals surface area (Å²) in [7, 11) is 1.24. The number of methoxy groups -OCH3 is 1. The molecule has 1 aromatic rings. The molecule has 4 nitrogen and oxygen atoms in total. The maximum atomic E-state index is 10.8. The first-order valence-electron chi connectivity index (χ1n) is 3.86. The van der Waals surface area contributed by atoms with E-state index in [9.17, 15) is 4.79 Å². The van der Waals surface area contributed by atoms with Crippen molar-refractivity contribution < 1.29 is 9.53 Å². The van der Waals surface area contributed by atoms with Gasteiger partial charge in [0.25, 0.3) is 0 Å². The maximum absolute atomic E-state index is 10.8. The molecular weight excluding hydrogens is 204 g/mol. The third-order valence-corrected chi connectivity index (χ3v) is 1.65. The number of carbonyl (C=O) groups is 1. The van der Waals surface area contributed by atoms with Gasteiger partial charge in [-0.25, -0.2) is 4.79 Å². The molecule has 0 spiro atoms. The number of nitrogens with one attached hydrogen (secondary N) is 1. The Kier molecular flexibility index (Phi) is 3.94. The molecule has 0 aliphatic heterocycles. The van der Waals surface area contributed by atoms with Crippen LogP contribution in [0.2, 0.25) is 0 Å². The van der Waals surface area contributed by atoms with Gasteiger partial charge in [0.1, 0.15) is 0 Å². The molecule has 5 heteroatoms. The molecule has 0 atom stereocenters. The molecule has 0 unspecified atom stereocenters.